The molecule has 9 nitrogen and oxygen atoms in total. The number of fused-ring (bicyclic) bond motifs is 1. The second-order valence-electron chi connectivity index (χ2n) is 14.5. The van der Waals surface area contributed by atoms with Crippen LogP contribution in [0.25, 0.3) is 11.2 Å². The fraction of sp³-hybridized carbons (Fsp3) is 0.163. The van der Waals surface area contributed by atoms with E-state index in [1.165, 1.54) is 6.33 Å². The Morgan fingerprint density at radius 3 is 1.42 bits per heavy atom. The Hall–Kier alpha value is -6.40. The maximum absolute atomic E-state index is 15.1. The van der Waals surface area contributed by atoms with E-state index in [0.717, 1.165) is 33.4 Å². The molecule has 0 amide bonds. The lowest BCUT2D eigenvalue weighted by molar-refractivity contribution is -0.123. The first-order valence-electron chi connectivity index (χ1n) is 19.6. The molecule has 0 unspecified atom stereocenters. The summed E-state index contributed by atoms with van der Waals surface area (Å²) < 4.78 is 38.3. The number of nitrogens with two attached hydrogens (primary N) is 1. The van der Waals surface area contributed by atoms with E-state index in [4.69, 9.17) is 19.9 Å². The van der Waals surface area contributed by atoms with E-state index in [1.807, 2.05) is 182 Å². The minimum absolute atomic E-state index is 0.0584. The normalized spacial score (nSPS) is 18.3. The summed E-state index contributed by atoms with van der Waals surface area (Å²) in [5.41, 5.74) is 9.53. The Labute approximate surface area is 341 Å². The van der Waals surface area contributed by atoms with E-state index in [1.54, 1.807) is 4.57 Å². The second-order valence-corrected chi connectivity index (χ2v) is 14.5. The molecule has 0 aliphatic carbocycles. The van der Waals surface area contributed by atoms with Crippen molar-refractivity contribution in [3.05, 3.63) is 233 Å². The third-order valence-corrected chi connectivity index (χ3v) is 11.1. The van der Waals surface area contributed by atoms with Crippen molar-refractivity contribution in [1.82, 2.24) is 19.5 Å². The molecule has 1 fully saturated rings. The average Bonchev–Trinajstić information content (AvgIpc) is 3.86. The highest BCUT2D eigenvalue weighted by atomic mass is 19.1. The van der Waals surface area contributed by atoms with Crippen LogP contribution in [0.15, 0.2) is 188 Å². The predicted molar refractivity (Wildman–Crippen MR) is 222 cm³/mol. The van der Waals surface area contributed by atoms with Gasteiger partial charge in [-0.1, -0.05) is 182 Å². The predicted octanol–water partition coefficient (Wildman–Crippen LogP) is 8.07. The third-order valence-electron chi connectivity index (χ3n) is 11.1. The zero-order valence-corrected chi connectivity index (χ0v) is 32.0. The van der Waals surface area contributed by atoms with E-state index in [2.05, 4.69) is 15.0 Å². The van der Waals surface area contributed by atoms with Crippen molar-refractivity contribution < 1.29 is 23.7 Å². The van der Waals surface area contributed by atoms with Gasteiger partial charge in [0.1, 0.15) is 35.0 Å². The van der Waals surface area contributed by atoms with Gasteiger partial charge in [0.2, 0.25) is 0 Å². The van der Waals surface area contributed by atoms with E-state index in [0.29, 0.717) is 5.52 Å². The standard InChI is InChI=1S/C49H42FN5O4/c50-47-53-40(31-51)42-45(54-47)55(33-52-42)46-44(59-49(37-25-13-4-14-26-37,38-27-15-5-16-28-38)39-29-17-6-18-30-39)43(56)41(58-46)32-57-48(34-19-7-1-8-20-34,35-21-9-2-10-22-35)36-23-11-3-12-24-36/h1-30,33,41,43-44,46,56H,31-32,51H2/t41-,43-,44-,46-/m1/s1. The number of imidazole rings is 1. The van der Waals surface area contributed by atoms with Crippen molar-refractivity contribution in [3.8, 4) is 0 Å². The Bertz CT molecular complexity index is 2410. The molecule has 0 saturated carbocycles. The van der Waals surface area contributed by atoms with Crippen LogP contribution < -0.4 is 5.73 Å². The number of aliphatic hydroxyl groups excluding tert-OH is 1. The van der Waals surface area contributed by atoms with E-state index in [-0.39, 0.29) is 24.5 Å². The van der Waals surface area contributed by atoms with Crippen molar-refractivity contribution in [2.24, 2.45) is 5.73 Å². The van der Waals surface area contributed by atoms with Gasteiger partial charge < -0.3 is 25.1 Å². The maximum Gasteiger partial charge on any atom is 0.310 e. The number of benzene rings is 6. The first-order chi connectivity index (χ1) is 29.0. The molecule has 3 heterocycles. The lowest BCUT2D eigenvalue weighted by atomic mass is 9.79. The fourth-order valence-corrected chi connectivity index (χ4v) is 8.38. The van der Waals surface area contributed by atoms with Gasteiger partial charge >= 0.3 is 6.08 Å². The summed E-state index contributed by atoms with van der Waals surface area (Å²) in [4.78, 5) is 12.7. The van der Waals surface area contributed by atoms with Crippen LogP contribution in [0.2, 0.25) is 0 Å². The lowest BCUT2D eigenvalue weighted by Crippen LogP contribution is -2.45. The highest BCUT2D eigenvalue weighted by Gasteiger charge is 2.52. The molecule has 294 valence electrons. The van der Waals surface area contributed by atoms with Gasteiger partial charge in [0.05, 0.1) is 18.6 Å². The van der Waals surface area contributed by atoms with E-state index in [9.17, 15) is 5.11 Å². The summed E-state index contributed by atoms with van der Waals surface area (Å²) in [6, 6.07) is 59.7. The molecule has 1 saturated heterocycles. The van der Waals surface area contributed by atoms with Crippen LogP contribution >= 0.6 is 0 Å². The van der Waals surface area contributed by atoms with Crippen LogP contribution in [-0.2, 0) is 32.0 Å². The molecule has 0 spiro atoms. The van der Waals surface area contributed by atoms with Crippen LogP contribution in [0.1, 0.15) is 45.3 Å². The molecule has 10 heteroatoms. The van der Waals surface area contributed by atoms with Crippen LogP contribution in [0.5, 0.6) is 0 Å². The zero-order chi connectivity index (χ0) is 40.2. The van der Waals surface area contributed by atoms with Gasteiger partial charge in [0.15, 0.2) is 11.9 Å². The fourth-order valence-electron chi connectivity index (χ4n) is 8.38. The number of halogens is 1. The number of hydrogen-bond acceptors (Lipinski definition) is 8. The van der Waals surface area contributed by atoms with Gasteiger partial charge in [-0.3, -0.25) is 4.57 Å². The van der Waals surface area contributed by atoms with Crippen LogP contribution in [-0.4, -0.2) is 49.5 Å². The molecule has 1 aliphatic heterocycles. The van der Waals surface area contributed by atoms with Crippen LogP contribution in [0.3, 0.4) is 0 Å². The van der Waals surface area contributed by atoms with Gasteiger partial charge in [-0.05, 0) is 33.4 Å². The number of nitrogens with zero attached hydrogens (tertiary/aromatic N) is 4. The van der Waals surface area contributed by atoms with Gasteiger partial charge in [-0.2, -0.15) is 9.37 Å². The largest absolute Gasteiger partial charge is 0.387 e. The highest BCUT2D eigenvalue weighted by molar-refractivity contribution is 5.73. The van der Waals surface area contributed by atoms with Crippen molar-refractivity contribution in [2.45, 2.75) is 42.3 Å². The molecule has 9 rings (SSSR count). The van der Waals surface area contributed by atoms with E-state index < -0.39 is 41.8 Å². The van der Waals surface area contributed by atoms with Crippen LogP contribution in [0.4, 0.5) is 4.39 Å². The summed E-state index contributed by atoms with van der Waals surface area (Å²) in [7, 11) is 0. The first-order valence-corrected chi connectivity index (χ1v) is 19.6. The number of hydrogen-bond donors (Lipinski definition) is 2. The monoisotopic (exact) mass is 783 g/mol. The molecule has 59 heavy (non-hydrogen) atoms. The lowest BCUT2D eigenvalue weighted by Gasteiger charge is -2.40. The molecule has 0 bridgehead atoms. The molecule has 2 aromatic heterocycles. The smallest absolute Gasteiger partial charge is 0.310 e. The zero-order valence-electron chi connectivity index (χ0n) is 32.0. The quantitative estimate of drug-likeness (QED) is 0.0892. The molecule has 1 aliphatic rings. The molecule has 4 atom stereocenters. The van der Waals surface area contributed by atoms with Gasteiger partial charge in [0.25, 0.3) is 0 Å². The summed E-state index contributed by atoms with van der Waals surface area (Å²) in [6.45, 7) is -0.133. The molecule has 8 aromatic rings. The molecule has 0 radical (unpaired) electrons. The van der Waals surface area contributed by atoms with Gasteiger partial charge in [-0.25, -0.2) is 9.97 Å². The number of aromatic nitrogens is 4. The molecular weight excluding hydrogens is 742 g/mol. The Kier molecular flexibility index (Phi) is 10.6. The minimum atomic E-state index is -1.28. The highest BCUT2D eigenvalue weighted by Crippen LogP contribution is 2.47. The average molecular weight is 784 g/mol. The summed E-state index contributed by atoms with van der Waals surface area (Å²) >= 11 is 0. The number of aliphatic hydroxyl groups is 1. The summed E-state index contributed by atoms with van der Waals surface area (Å²) in [6.07, 6.45) is -3.86. The Morgan fingerprint density at radius 1 is 0.610 bits per heavy atom. The van der Waals surface area contributed by atoms with Crippen LogP contribution in [0, 0.1) is 6.08 Å². The number of ether oxygens (including phenoxy) is 3. The Balaban J connectivity index is 1.20. The van der Waals surface area contributed by atoms with Gasteiger partial charge in [0, 0.05) is 6.54 Å². The molecular formula is C49H42FN5O4. The van der Waals surface area contributed by atoms with Gasteiger partial charge in [-0.15, -0.1) is 0 Å². The van der Waals surface area contributed by atoms with E-state index >= 15 is 4.39 Å². The first kappa shape index (κ1) is 38.1. The SMILES string of the molecule is NCc1nc(F)nc2c1ncn2[C@@H]1O[C@H](COC(c2ccccc2)(c2ccccc2)c2ccccc2)[C@@H](O)[C@H]1OC(c1ccccc1)(c1ccccc1)c1ccccc1. The summed E-state index contributed by atoms with van der Waals surface area (Å²) in [5.74, 6) is 0. The topological polar surface area (TPSA) is 118 Å². The van der Waals surface area contributed by atoms with Crippen molar-refractivity contribution >= 4 is 11.2 Å². The Morgan fingerprint density at radius 2 is 1.02 bits per heavy atom. The molecule has 6 aromatic carbocycles. The number of rotatable bonds is 13. The van der Waals surface area contributed by atoms with Crippen molar-refractivity contribution in [2.75, 3.05) is 6.61 Å². The molecule has 3 N–H and O–H groups in total. The summed E-state index contributed by atoms with van der Waals surface area (Å²) in [5, 5.41) is 12.8. The third kappa shape index (κ3) is 6.90. The minimum Gasteiger partial charge on any atom is -0.387 e. The maximum atomic E-state index is 15.1. The van der Waals surface area contributed by atoms with Crippen molar-refractivity contribution in [1.29, 1.82) is 0 Å². The van der Waals surface area contributed by atoms with Crippen molar-refractivity contribution in [3.63, 3.8) is 0 Å². The second kappa shape index (κ2) is 16.5.